The van der Waals surface area contributed by atoms with Crippen molar-refractivity contribution in [2.45, 2.75) is 65.8 Å². The highest BCUT2D eigenvalue weighted by atomic mass is 16.2. The largest absolute Gasteiger partial charge is 0.354 e. The molecule has 1 N–H and O–H groups in total. The van der Waals surface area contributed by atoms with E-state index in [1.165, 1.54) is 5.56 Å². The molecule has 0 aliphatic rings. The van der Waals surface area contributed by atoms with E-state index in [2.05, 4.69) is 50.0 Å². The van der Waals surface area contributed by atoms with E-state index in [9.17, 15) is 9.59 Å². The Hall–Kier alpha value is -1.88. The third-order valence-corrected chi connectivity index (χ3v) is 5.06. The molecule has 0 aliphatic heterocycles. The summed E-state index contributed by atoms with van der Waals surface area (Å²) in [6, 6.07) is 10.5. The van der Waals surface area contributed by atoms with Gasteiger partial charge in [0.2, 0.25) is 11.8 Å². The summed E-state index contributed by atoms with van der Waals surface area (Å²) in [5, 5.41) is 3.08. The zero-order valence-corrected chi connectivity index (χ0v) is 18.2. The molecule has 28 heavy (non-hydrogen) atoms. The van der Waals surface area contributed by atoms with E-state index in [1.54, 1.807) is 0 Å². The molecular formula is C23H39N3O2. The molecule has 0 saturated heterocycles. The standard InChI is InChI=1S/C23H39N3O2/c1-5-17-26(18-6-2)23(28)16-12-15-22(27)24-19-21(25(7-3)8-4)20-13-10-9-11-14-20/h9-11,13-14,21H,5-8,12,15-19H2,1-4H3,(H,24,27). The molecule has 1 unspecified atom stereocenters. The summed E-state index contributed by atoms with van der Waals surface area (Å²) in [5.74, 6) is 0.195. The van der Waals surface area contributed by atoms with Gasteiger partial charge in [0.05, 0.1) is 6.04 Å². The smallest absolute Gasteiger partial charge is 0.222 e. The Kier molecular flexibility index (Phi) is 12.2. The molecule has 0 fully saturated rings. The van der Waals surface area contributed by atoms with Crippen LogP contribution in [0.1, 0.15) is 71.4 Å². The average molecular weight is 390 g/mol. The number of nitrogens with one attached hydrogen (secondary N) is 1. The summed E-state index contributed by atoms with van der Waals surface area (Å²) in [4.78, 5) is 28.9. The van der Waals surface area contributed by atoms with Crippen molar-refractivity contribution in [1.82, 2.24) is 15.1 Å². The van der Waals surface area contributed by atoms with Gasteiger partial charge in [-0.2, -0.15) is 0 Å². The second-order valence-electron chi connectivity index (χ2n) is 7.19. The normalized spacial score (nSPS) is 12.0. The van der Waals surface area contributed by atoms with Crippen LogP contribution in [0.2, 0.25) is 0 Å². The molecule has 1 aromatic rings. The van der Waals surface area contributed by atoms with Crippen molar-refractivity contribution in [3.05, 3.63) is 35.9 Å². The SMILES string of the molecule is CCCN(CCC)C(=O)CCCC(=O)NCC(c1ccccc1)N(CC)CC. The van der Waals surface area contributed by atoms with E-state index < -0.39 is 0 Å². The lowest BCUT2D eigenvalue weighted by molar-refractivity contribution is -0.131. The molecule has 158 valence electrons. The van der Waals surface area contributed by atoms with Crippen molar-refractivity contribution in [3.8, 4) is 0 Å². The number of rotatable bonds is 14. The van der Waals surface area contributed by atoms with Crippen molar-refractivity contribution in [2.75, 3.05) is 32.7 Å². The number of amides is 2. The fraction of sp³-hybridized carbons (Fsp3) is 0.652. The van der Waals surface area contributed by atoms with Crippen LogP contribution < -0.4 is 5.32 Å². The first-order valence-electron chi connectivity index (χ1n) is 10.9. The predicted octanol–water partition coefficient (Wildman–Crippen LogP) is 4.00. The lowest BCUT2D eigenvalue weighted by atomic mass is 10.0. The van der Waals surface area contributed by atoms with Crippen molar-refractivity contribution in [2.24, 2.45) is 0 Å². The first kappa shape index (κ1) is 24.2. The first-order valence-corrected chi connectivity index (χ1v) is 10.9. The molecule has 0 aliphatic carbocycles. The monoisotopic (exact) mass is 389 g/mol. The third kappa shape index (κ3) is 8.42. The maximum atomic E-state index is 12.3. The highest BCUT2D eigenvalue weighted by molar-refractivity contribution is 5.79. The van der Waals surface area contributed by atoms with Gasteiger partial charge in [-0.05, 0) is 37.9 Å². The summed E-state index contributed by atoms with van der Waals surface area (Å²) < 4.78 is 0. The van der Waals surface area contributed by atoms with Crippen molar-refractivity contribution >= 4 is 11.8 Å². The van der Waals surface area contributed by atoms with Crippen LogP contribution in [-0.2, 0) is 9.59 Å². The number of hydrogen-bond donors (Lipinski definition) is 1. The Balaban J connectivity index is 2.49. The molecule has 0 aromatic heterocycles. The average Bonchev–Trinajstić information content (AvgIpc) is 2.71. The van der Waals surface area contributed by atoms with E-state index >= 15 is 0 Å². The number of hydrogen-bond acceptors (Lipinski definition) is 3. The Bertz CT molecular complexity index is 552. The molecular weight excluding hydrogens is 350 g/mol. The topological polar surface area (TPSA) is 52.7 Å². The van der Waals surface area contributed by atoms with E-state index in [0.717, 1.165) is 39.0 Å². The van der Waals surface area contributed by atoms with Crippen molar-refractivity contribution in [3.63, 3.8) is 0 Å². The minimum Gasteiger partial charge on any atom is -0.354 e. The molecule has 5 heteroatoms. The second kappa shape index (κ2) is 14.2. The van der Waals surface area contributed by atoms with Gasteiger partial charge in [-0.3, -0.25) is 14.5 Å². The summed E-state index contributed by atoms with van der Waals surface area (Å²) in [7, 11) is 0. The van der Waals surface area contributed by atoms with Gasteiger partial charge in [0.25, 0.3) is 0 Å². The maximum Gasteiger partial charge on any atom is 0.222 e. The van der Waals surface area contributed by atoms with Crippen LogP contribution in [0.3, 0.4) is 0 Å². The van der Waals surface area contributed by atoms with Gasteiger partial charge >= 0.3 is 0 Å². The fourth-order valence-electron chi connectivity index (χ4n) is 3.56. The van der Waals surface area contributed by atoms with Gasteiger partial charge in [-0.25, -0.2) is 0 Å². The quantitative estimate of drug-likeness (QED) is 0.523. The first-order chi connectivity index (χ1) is 13.6. The van der Waals surface area contributed by atoms with Gasteiger partial charge in [-0.1, -0.05) is 58.0 Å². The lowest BCUT2D eigenvalue weighted by Gasteiger charge is -2.30. The van der Waals surface area contributed by atoms with E-state index in [0.29, 0.717) is 25.8 Å². The lowest BCUT2D eigenvalue weighted by Crippen LogP contribution is -2.38. The minimum absolute atomic E-state index is 0.0263. The molecule has 0 radical (unpaired) electrons. The molecule has 0 spiro atoms. The zero-order chi connectivity index (χ0) is 20.8. The van der Waals surface area contributed by atoms with Crippen LogP contribution in [0, 0.1) is 0 Å². The number of likely N-dealkylation sites (N-methyl/N-ethyl adjacent to an activating group) is 1. The van der Waals surface area contributed by atoms with Gasteiger partial charge in [0.15, 0.2) is 0 Å². The van der Waals surface area contributed by atoms with Crippen molar-refractivity contribution < 1.29 is 9.59 Å². The van der Waals surface area contributed by atoms with Crippen LogP contribution in [-0.4, -0.2) is 54.3 Å². The Morgan fingerprint density at radius 3 is 2.07 bits per heavy atom. The van der Waals surface area contributed by atoms with Crippen LogP contribution >= 0.6 is 0 Å². The summed E-state index contributed by atoms with van der Waals surface area (Å²) in [6.07, 6.45) is 3.40. The van der Waals surface area contributed by atoms with E-state index in [-0.39, 0.29) is 17.9 Å². The molecule has 1 aromatic carbocycles. The maximum absolute atomic E-state index is 12.3. The third-order valence-electron chi connectivity index (χ3n) is 5.06. The number of carbonyl (C=O) groups is 2. The highest BCUT2D eigenvalue weighted by Crippen LogP contribution is 2.19. The Morgan fingerprint density at radius 1 is 0.929 bits per heavy atom. The molecule has 1 rings (SSSR count). The minimum atomic E-state index is 0.0263. The molecule has 0 saturated carbocycles. The summed E-state index contributed by atoms with van der Waals surface area (Å²) in [5.41, 5.74) is 1.22. The Labute approximate surface area is 171 Å². The zero-order valence-electron chi connectivity index (χ0n) is 18.2. The van der Waals surface area contributed by atoms with Gasteiger partial charge in [0.1, 0.15) is 0 Å². The predicted molar refractivity (Wildman–Crippen MR) is 116 cm³/mol. The van der Waals surface area contributed by atoms with Crippen LogP contribution in [0.15, 0.2) is 30.3 Å². The molecule has 0 bridgehead atoms. The van der Waals surface area contributed by atoms with E-state index in [1.807, 2.05) is 23.1 Å². The van der Waals surface area contributed by atoms with Gasteiger partial charge in [-0.15, -0.1) is 0 Å². The number of carbonyl (C=O) groups excluding carboxylic acids is 2. The van der Waals surface area contributed by atoms with Crippen LogP contribution in [0.4, 0.5) is 0 Å². The van der Waals surface area contributed by atoms with Crippen molar-refractivity contribution in [1.29, 1.82) is 0 Å². The summed E-state index contributed by atoms with van der Waals surface area (Å²) in [6.45, 7) is 12.5. The van der Waals surface area contributed by atoms with E-state index in [4.69, 9.17) is 0 Å². The fourth-order valence-corrected chi connectivity index (χ4v) is 3.56. The Morgan fingerprint density at radius 2 is 1.54 bits per heavy atom. The van der Waals surface area contributed by atoms with Crippen LogP contribution in [0.25, 0.3) is 0 Å². The highest BCUT2D eigenvalue weighted by Gasteiger charge is 2.19. The molecule has 5 nitrogen and oxygen atoms in total. The van der Waals surface area contributed by atoms with Crippen LogP contribution in [0.5, 0.6) is 0 Å². The second-order valence-corrected chi connectivity index (χ2v) is 7.19. The molecule has 0 heterocycles. The van der Waals surface area contributed by atoms with Gasteiger partial charge in [0, 0.05) is 32.5 Å². The molecule has 2 amide bonds. The number of nitrogens with zero attached hydrogens (tertiary/aromatic N) is 2. The summed E-state index contributed by atoms with van der Waals surface area (Å²) >= 11 is 0. The van der Waals surface area contributed by atoms with Gasteiger partial charge < -0.3 is 10.2 Å². The molecule has 1 atom stereocenters. The number of benzene rings is 1.